The van der Waals surface area contributed by atoms with Gasteiger partial charge >= 0.3 is 12.2 Å². The molecule has 1 aromatic heterocycles. The van der Waals surface area contributed by atoms with Gasteiger partial charge in [-0.3, -0.25) is 14.4 Å². The van der Waals surface area contributed by atoms with Crippen molar-refractivity contribution in [3.8, 4) is 0 Å². The topological polar surface area (TPSA) is 186 Å². The Morgan fingerprint density at radius 1 is 0.965 bits per heavy atom. The lowest BCUT2D eigenvalue weighted by Gasteiger charge is -2.36. The minimum absolute atomic E-state index is 0.0706. The standard InChI is InChI=1S/C42H65N7O8/c1-29(2)17-18-35(50)33(23-30-13-9-7-10-14-30)46-38(52)34(25-32-26-43-28-45-32)47(6)39(53)36(24-31-15-11-8-12-16-31)56-41(55)49-21-19-48(20-22-49)37(51)27-44-40(54)57-42(3,4)5/h8,11-12,15-16,26,28-30,33-36,50H,7,9-10,13-14,17-25,27H2,1-6H3,(H,43,45)(H,44,54)(H,46,52)/t33?,34-,35?,36?/m0/s1. The Bertz CT molecular complexity index is 1570. The van der Waals surface area contributed by atoms with Crippen molar-refractivity contribution in [1.82, 2.24) is 35.3 Å². The summed E-state index contributed by atoms with van der Waals surface area (Å²) < 4.78 is 11.2. The van der Waals surface area contributed by atoms with E-state index in [1.807, 2.05) is 30.3 Å². The number of nitrogens with one attached hydrogen (secondary N) is 3. The number of carbonyl (C=O) groups is 5. The molecule has 5 amide bonds. The Morgan fingerprint density at radius 2 is 1.63 bits per heavy atom. The number of aromatic amines is 1. The average molecular weight is 796 g/mol. The SMILES string of the molecule is CC(C)CCC(O)C(CC1CCCCC1)NC(=O)[C@H](Cc1cnc[nH]1)N(C)C(=O)C(Cc1ccccc1)OC(=O)N1CCN(C(=O)CNC(=O)OC(C)(C)C)CC1. The van der Waals surface area contributed by atoms with E-state index in [-0.39, 0.29) is 51.5 Å². The Balaban J connectivity index is 1.48. The number of hydrogen-bond acceptors (Lipinski definition) is 9. The van der Waals surface area contributed by atoms with Gasteiger partial charge in [0, 0.05) is 58.0 Å². The van der Waals surface area contributed by atoms with Crippen LogP contribution >= 0.6 is 0 Å². The monoisotopic (exact) mass is 795 g/mol. The molecule has 0 radical (unpaired) electrons. The first-order valence-electron chi connectivity index (χ1n) is 20.6. The highest BCUT2D eigenvalue weighted by atomic mass is 16.6. The highest BCUT2D eigenvalue weighted by molar-refractivity contribution is 5.91. The molecule has 2 fully saturated rings. The van der Waals surface area contributed by atoms with E-state index in [4.69, 9.17) is 9.47 Å². The molecule has 4 atom stereocenters. The smallest absolute Gasteiger partial charge is 0.410 e. The normalized spacial score (nSPS) is 17.3. The molecule has 0 bridgehead atoms. The molecule has 4 rings (SSSR count). The molecule has 3 unspecified atom stereocenters. The lowest BCUT2D eigenvalue weighted by molar-refractivity contribution is -0.146. The van der Waals surface area contributed by atoms with E-state index in [2.05, 4.69) is 34.4 Å². The molecule has 2 aromatic rings. The number of rotatable bonds is 17. The molecule has 1 saturated carbocycles. The van der Waals surface area contributed by atoms with Crippen LogP contribution < -0.4 is 10.6 Å². The molecule has 1 aliphatic carbocycles. The maximum absolute atomic E-state index is 14.5. The van der Waals surface area contributed by atoms with Gasteiger partial charge in [0.15, 0.2) is 6.10 Å². The second-order valence-electron chi connectivity index (χ2n) is 16.9. The first-order valence-corrected chi connectivity index (χ1v) is 20.6. The van der Waals surface area contributed by atoms with E-state index in [9.17, 15) is 29.1 Å². The van der Waals surface area contributed by atoms with E-state index in [0.29, 0.717) is 30.4 Å². The zero-order valence-electron chi connectivity index (χ0n) is 34.7. The van der Waals surface area contributed by atoms with Gasteiger partial charge < -0.3 is 44.9 Å². The van der Waals surface area contributed by atoms with Crippen LogP contribution in [0.2, 0.25) is 0 Å². The van der Waals surface area contributed by atoms with Crippen molar-refractivity contribution in [2.45, 2.75) is 129 Å². The number of alkyl carbamates (subject to hydrolysis) is 1. The fraction of sp³-hybridized carbons (Fsp3) is 0.667. The molecule has 316 valence electrons. The molecule has 1 aromatic carbocycles. The minimum atomic E-state index is -1.27. The van der Waals surface area contributed by atoms with Crippen LogP contribution in [-0.4, -0.2) is 129 Å². The van der Waals surface area contributed by atoms with Crippen molar-refractivity contribution in [1.29, 1.82) is 0 Å². The largest absolute Gasteiger partial charge is 0.444 e. The quantitative estimate of drug-likeness (QED) is 0.180. The minimum Gasteiger partial charge on any atom is -0.444 e. The third-order valence-electron chi connectivity index (χ3n) is 10.7. The Kier molecular flexibility index (Phi) is 17.2. The summed E-state index contributed by atoms with van der Waals surface area (Å²) in [6.07, 6.45) is 7.50. The average Bonchev–Trinajstić information content (AvgIpc) is 3.70. The molecule has 57 heavy (non-hydrogen) atoms. The highest BCUT2D eigenvalue weighted by Crippen LogP contribution is 2.29. The van der Waals surface area contributed by atoms with Gasteiger partial charge in [0.2, 0.25) is 11.8 Å². The van der Waals surface area contributed by atoms with Gasteiger partial charge in [-0.2, -0.15) is 0 Å². The van der Waals surface area contributed by atoms with Gasteiger partial charge in [-0.1, -0.05) is 76.3 Å². The number of nitrogens with zero attached hydrogens (tertiary/aromatic N) is 4. The third-order valence-corrected chi connectivity index (χ3v) is 10.7. The lowest BCUT2D eigenvalue weighted by atomic mass is 9.83. The summed E-state index contributed by atoms with van der Waals surface area (Å²) in [6.45, 7) is 9.90. The molecule has 4 N–H and O–H groups in total. The summed E-state index contributed by atoms with van der Waals surface area (Å²) in [6, 6.07) is 7.71. The number of benzene rings is 1. The second kappa shape index (κ2) is 21.8. The van der Waals surface area contributed by atoms with Crippen LogP contribution in [0.1, 0.15) is 97.2 Å². The van der Waals surface area contributed by atoms with E-state index >= 15 is 0 Å². The predicted molar refractivity (Wildman–Crippen MR) is 215 cm³/mol. The fourth-order valence-corrected chi connectivity index (χ4v) is 7.39. The van der Waals surface area contributed by atoms with Gasteiger partial charge in [-0.25, -0.2) is 14.6 Å². The Morgan fingerprint density at radius 3 is 2.25 bits per heavy atom. The van der Waals surface area contributed by atoms with E-state index in [1.165, 1.54) is 29.6 Å². The van der Waals surface area contributed by atoms with E-state index < -0.39 is 53.9 Å². The maximum Gasteiger partial charge on any atom is 0.410 e. The number of piperazine rings is 1. The number of carbonyl (C=O) groups excluding carboxylic acids is 5. The molecule has 15 nitrogen and oxygen atoms in total. The number of likely N-dealkylation sites (N-methyl/N-ethyl adjacent to an activating group) is 1. The summed E-state index contributed by atoms with van der Waals surface area (Å²) in [5.41, 5.74) is 0.707. The van der Waals surface area contributed by atoms with Crippen LogP contribution in [0.3, 0.4) is 0 Å². The number of aliphatic hydroxyl groups excluding tert-OH is 1. The molecule has 2 heterocycles. The third kappa shape index (κ3) is 15.0. The molecular weight excluding hydrogens is 731 g/mol. The van der Waals surface area contributed by atoms with Crippen molar-refractivity contribution in [3.05, 3.63) is 54.1 Å². The Labute approximate surface area is 337 Å². The number of ether oxygens (including phenoxy) is 2. The second-order valence-corrected chi connectivity index (χ2v) is 16.9. The van der Waals surface area contributed by atoms with E-state index in [1.54, 1.807) is 31.9 Å². The van der Waals surface area contributed by atoms with Gasteiger partial charge in [0.25, 0.3) is 5.91 Å². The maximum atomic E-state index is 14.5. The number of amides is 5. The van der Waals surface area contributed by atoms with E-state index in [0.717, 1.165) is 37.7 Å². The summed E-state index contributed by atoms with van der Waals surface area (Å²) in [4.78, 5) is 78.8. The number of H-pyrrole nitrogens is 1. The number of hydrogen-bond donors (Lipinski definition) is 4. The van der Waals surface area contributed by atoms with Crippen molar-refractivity contribution < 1.29 is 38.6 Å². The van der Waals surface area contributed by atoms with Crippen LogP contribution in [0, 0.1) is 11.8 Å². The van der Waals surface area contributed by atoms with Crippen LogP contribution in [0.4, 0.5) is 9.59 Å². The molecular formula is C42H65N7O8. The van der Waals surface area contributed by atoms with Gasteiger partial charge in [-0.05, 0) is 57.4 Å². The summed E-state index contributed by atoms with van der Waals surface area (Å²) in [5, 5.41) is 17.0. The highest BCUT2D eigenvalue weighted by Gasteiger charge is 2.37. The van der Waals surface area contributed by atoms with Crippen LogP contribution in [-0.2, 0) is 36.7 Å². The Hall–Kier alpha value is -4.66. The van der Waals surface area contributed by atoms with Crippen LogP contribution in [0.25, 0.3) is 0 Å². The summed E-state index contributed by atoms with van der Waals surface area (Å²) in [5.74, 6) is -0.490. The fourth-order valence-electron chi connectivity index (χ4n) is 7.39. The number of aromatic nitrogens is 2. The van der Waals surface area contributed by atoms with Gasteiger partial charge in [0.1, 0.15) is 18.2 Å². The van der Waals surface area contributed by atoms with Crippen molar-refractivity contribution in [2.24, 2.45) is 11.8 Å². The molecule has 1 aliphatic heterocycles. The first-order chi connectivity index (χ1) is 27.1. The molecule has 1 saturated heterocycles. The summed E-state index contributed by atoms with van der Waals surface area (Å²) in [7, 11) is 1.54. The van der Waals surface area contributed by atoms with Crippen molar-refractivity contribution >= 4 is 29.9 Å². The zero-order valence-corrected chi connectivity index (χ0v) is 34.7. The van der Waals surface area contributed by atoms with Crippen molar-refractivity contribution in [2.75, 3.05) is 39.8 Å². The van der Waals surface area contributed by atoms with Crippen LogP contribution in [0.15, 0.2) is 42.9 Å². The van der Waals surface area contributed by atoms with Gasteiger partial charge in [-0.15, -0.1) is 0 Å². The lowest BCUT2D eigenvalue weighted by Crippen LogP contribution is -2.57. The van der Waals surface area contributed by atoms with Crippen LogP contribution in [0.5, 0.6) is 0 Å². The summed E-state index contributed by atoms with van der Waals surface area (Å²) >= 11 is 0. The molecule has 0 spiro atoms. The number of imidazole rings is 1. The van der Waals surface area contributed by atoms with Crippen molar-refractivity contribution in [3.63, 3.8) is 0 Å². The predicted octanol–water partition coefficient (Wildman–Crippen LogP) is 4.45. The molecule has 15 heteroatoms. The number of aliphatic hydroxyl groups is 1. The zero-order chi connectivity index (χ0) is 41.5. The molecule has 2 aliphatic rings. The first kappa shape index (κ1) is 45.0. The van der Waals surface area contributed by atoms with Gasteiger partial charge in [0.05, 0.1) is 18.5 Å².